The fourth-order valence-electron chi connectivity index (χ4n) is 4.59. The number of thioether (sulfide) groups is 1. The third-order valence-corrected chi connectivity index (χ3v) is 7.18. The number of para-hydroxylation sites is 1. The van der Waals surface area contributed by atoms with Crippen molar-refractivity contribution in [2.45, 2.75) is 23.9 Å². The summed E-state index contributed by atoms with van der Waals surface area (Å²) >= 11 is 1.43. The maximum Gasteiger partial charge on any atom is 0.233 e. The van der Waals surface area contributed by atoms with Gasteiger partial charge in [-0.1, -0.05) is 36.0 Å². The van der Waals surface area contributed by atoms with Gasteiger partial charge in [-0.25, -0.2) is 14.6 Å². The Morgan fingerprint density at radius 1 is 1.06 bits per heavy atom. The molecule has 1 saturated heterocycles. The Bertz CT molecular complexity index is 1340. The maximum atomic E-state index is 13.2. The molecular weight excluding hydrogens is 450 g/mol. The number of hydrogen-bond acceptors (Lipinski definition) is 7. The van der Waals surface area contributed by atoms with E-state index in [0.29, 0.717) is 19.0 Å². The average Bonchev–Trinajstić information content (AvgIpc) is 3.55. The first-order chi connectivity index (χ1) is 16.8. The van der Waals surface area contributed by atoms with Crippen LogP contribution in [0.2, 0.25) is 0 Å². The van der Waals surface area contributed by atoms with E-state index in [2.05, 4.69) is 15.1 Å². The summed E-state index contributed by atoms with van der Waals surface area (Å²) in [6, 6.07) is 15.9. The molecule has 0 unspecified atom stereocenters. The first kappa shape index (κ1) is 21.0. The molecule has 2 aliphatic heterocycles. The van der Waals surface area contributed by atoms with E-state index >= 15 is 0 Å². The number of carbonyl (C=O) groups is 1. The van der Waals surface area contributed by atoms with Crippen molar-refractivity contribution in [2.75, 3.05) is 25.5 Å². The lowest BCUT2D eigenvalue weighted by atomic mass is 10.0. The maximum absolute atomic E-state index is 13.2. The summed E-state index contributed by atoms with van der Waals surface area (Å²) in [7, 11) is 0. The minimum Gasteiger partial charge on any atom is -0.486 e. The van der Waals surface area contributed by atoms with Gasteiger partial charge in [0.2, 0.25) is 5.91 Å². The van der Waals surface area contributed by atoms with Crippen molar-refractivity contribution in [2.24, 2.45) is 0 Å². The lowest BCUT2D eigenvalue weighted by molar-refractivity contribution is -0.129. The number of aromatic nitrogens is 4. The highest BCUT2D eigenvalue weighted by atomic mass is 32.2. The van der Waals surface area contributed by atoms with Crippen molar-refractivity contribution < 1.29 is 14.3 Å². The van der Waals surface area contributed by atoms with Crippen molar-refractivity contribution in [3.63, 3.8) is 0 Å². The van der Waals surface area contributed by atoms with E-state index < -0.39 is 0 Å². The number of ether oxygens (including phenoxy) is 2. The average molecular weight is 474 g/mol. The number of benzene rings is 2. The molecule has 6 rings (SSSR count). The molecule has 0 bridgehead atoms. The summed E-state index contributed by atoms with van der Waals surface area (Å²) in [6.07, 6.45) is 5.22. The number of likely N-dealkylation sites (tertiary alicyclic amines) is 1. The van der Waals surface area contributed by atoms with Gasteiger partial charge >= 0.3 is 0 Å². The third kappa shape index (κ3) is 3.86. The van der Waals surface area contributed by atoms with E-state index in [1.807, 2.05) is 53.4 Å². The van der Waals surface area contributed by atoms with Gasteiger partial charge in [0.05, 0.1) is 29.1 Å². The van der Waals surface area contributed by atoms with Gasteiger partial charge in [-0.15, -0.1) is 0 Å². The monoisotopic (exact) mass is 473 g/mol. The second kappa shape index (κ2) is 8.98. The number of rotatable bonds is 5. The van der Waals surface area contributed by atoms with E-state index in [4.69, 9.17) is 9.47 Å². The molecule has 1 amide bonds. The van der Waals surface area contributed by atoms with Crippen LogP contribution in [0.5, 0.6) is 11.5 Å². The lowest BCUT2D eigenvalue weighted by Gasteiger charge is -2.26. The molecule has 0 aliphatic carbocycles. The van der Waals surface area contributed by atoms with Gasteiger partial charge in [-0.2, -0.15) is 5.10 Å². The second-order valence-electron chi connectivity index (χ2n) is 8.24. The van der Waals surface area contributed by atoms with Gasteiger partial charge in [0.1, 0.15) is 24.6 Å². The molecule has 8 nitrogen and oxygen atoms in total. The van der Waals surface area contributed by atoms with Crippen molar-refractivity contribution >= 4 is 28.7 Å². The predicted octanol–water partition coefficient (Wildman–Crippen LogP) is 4.04. The van der Waals surface area contributed by atoms with Crippen LogP contribution in [0.4, 0.5) is 0 Å². The topological polar surface area (TPSA) is 82.4 Å². The number of hydrogen-bond donors (Lipinski definition) is 0. The van der Waals surface area contributed by atoms with Crippen molar-refractivity contribution in [3.8, 4) is 17.2 Å². The number of fused-ring (bicyclic) bond motifs is 2. The molecule has 0 spiro atoms. The van der Waals surface area contributed by atoms with Crippen molar-refractivity contribution in [3.05, 3.63) is 66.6 Å². The van der Waals surface area contributed by atoms with Crippen LogP contribution in [0.25, 0.3) is 16.7 Å². The quantitative estimate of drug-likeness (QED) is 0.320. The van der Waals surface area contributed by atoms with Gasteiger partial charge in [-0.3, -0.25) is 4.79 Å². The molecular formula is C25H23N5O3S. The Hall–Kier alpha value is -3.59. The summed E-state index contributed by atoms with van der Waals surface area (Å²) in [5.41, 5.74) is 2.75. The molecule has 2 aromatic heterocycles. The van der Waals surface area contributed by atoms with E-state index in [1.165, 1.54) is 18.1 Å². The Kier molecular flexibility index (Phi) is 5.54. The highest BCUT2D eigenvalue weighted by Gasteiger charge is 2.31. The minimum absolute atomic E-state index is 0.0511. The molecule has 9 heteroatoms. The summed E-state index contributed by atoms with van der Waals surface area (Å²) in [5.74, 6) is 1.94. The third-order valence-electron chi connectivity index (χ3n) is 6.19. The van der Waals surface area contributed by atoms with Gasteiger partial charge in [0.15, 0.2) is 17.1 Å². The summed E-state index contributed by atoms with van der Waals surface area (Å²) in [6.45, 7) is 1.87. The summed E-state index contributed by atoms with van der Waals surface area (Å²) in [5, 5.41) is 6.10. The number of nitrogens with zero attached hydrogens (tertiary/aromatic N) is 5. The first-order valence-electron chi connectivity index (χ1n) is 11.3. The normalized spacial score (nSPS) is 17.3. The van der Waals surface area contributed by atoms with Crippen LogP contribution >= 0.6 is 11.8 Å². The standard InChI is InChI=1S/C25H23N5O3S/c31-23(29-10-4-7-20(29)17-8-9-21-22(13-17)33-12-11-32-21)15-34-25-19-14-28-30(24(19)26-16-27-25)18-5-2-1-3-6-18/h1-3,5-6,8-9,13-14,16,20H,4,7,10-12,15H2/t20-/m1/s1. The zero-order valence-electron chi connectivity index (χ0n) is 18.5. The van der Waals surface area contributed by atoms with E-state index in [0.717, 1.165) is 58.2 Å². The minimum atomic E-state index is 0.0511. The Morgan fingerprint density at radius 3 is 2.79 bits per heavy atom. The molecule has 172 valence electrons. The molecule has 34 heavy (non-hydrogen) atoms. The van der Waals surface area contributed by atoms with Gasteiger partial charge in [0.25, 0.3) is 0 Å². The van der Waals surface area contributed by atoms with Crippen LogP contribution in [-0.2, 0) is 4.79 Å². The largest absolute Gasteiger partial charge is 0.486 e. The molecule has 2 aromatic carbocycles. The molecule has 0 N–H and O–H groups in total. The van der Waals surface area contributed by atoms with Crippen LogP contribution in [0.3, 0.4) is 0 Å². The Labute approximate surface area is 200 Å². The zero-order chi connectivity index (χ0) is 22.9. The molecule has 4 heterocycles. The molecule has 1 fully saturated rings. The van der Waals surface area contributed by atoms with Crippen LogP contribution in [0.15, 0.2) is 66.1 Å². The smallest absolute Gasteiger partial charge is 0.233 e. The highest BCUT2D eigenvalue weighted by Crippen LogP contribution is 2.38. The lowest BCUT2D eigenvalue weighted by Crippen LogP contribution is -2.32. The van der Waals surface area contributed by atoms with Crippen molar-refractivity contribution in [1.29, 1.82) is 0 Å². The zero-order valence-corrected chi connectivity index (χ0v) is 19.3. The van der Waals surface area contributed by atoms with Crippen LogP contribution in [0, 0.1) is 0 Å². The molecule has 0 saturated carbocycles. The first-order valence-corrected chi connectivity index (χ1v) is 12.3. The Balaban J connectivity index is 1.19. The highest BCUT2D eigenvalue weighted by molar-refractivity contribution is 8.00. The van der Waals surface area contributed by atoms with E-state index in [9.17, 15) is 4.79 Å². The van der Waals surface area contributed by atoms with Crippen molar-refractivity contribution in [1.82, 2.24) is 24.6 Å². The SMILES string of the molecule is O=C(CSc1ncnc2c1cnn2-c1ccccc1)N1CCC[C@@H]1c1ccc2c(c1)OCCO2. The fourth-order valence-corrected chi connectivity index (χ4v) is 5.43. The van der Waals surface area contributed by atoms with Gasteiger partial charge in [-0.05, 0) is 42.7 Å². The van der Waals surface area contributed by atoms with Gasteiger partial charge in [0, 0.05) is 6.54 Å². The molecule has 1 atom stereocenters. The van der Waals surface area contributed by atoms with Crippen LogP contribution < -0.4 is 9.47 Å². The van der Waals surface area contributed by atoms with Gasteiger partial charge < -0.3 is 14.4 Å². The summed E-state index contributed by atoms with van der Waals surface area (Å²) < 4.78 is 13.2. The fraction of sp³-hybridized carbons (Fsp3) is 0.280. The van der Waals surface area contributed by atoms with Crippen LogP contribution in [0.1, 0.15) is 24.4 Å². The van der Waals surface area contributed by atoms with Crippen LogP contribution in [-0.4, -0.2) is 56.1 Å². The summed E-state index contributed by atoms with van der Waals surface area (Å²) in [4.78, 5) is 24.1. The number of amides is 1. The van der Waals surface area contributed by atoms with E-state index in [1.54, 1.807) is 10.9 Å². The molecule has 2 aliphatic rings. The molecule has 4 aromatic rings. The molecule has 0 radical (unpaired) electrons. The Morgan fingerprint density at radius 2 is 1.91 bits per heavy atom. The second-order valence-corrected chi connectivity index (χ2v) is 9.21. The predicted molar refractivity (Wildman–Crippen MR) is 129 cm³/mol. The number of carbonyl (C=O) groups excluding carboxylic acids is 1. The van der Waals surface area contributed by atoms with E-state index in [-0.39, 0.29) is 11.9 Å².